The summed E-state index contributed by atoms with van der Waals surface area (Å²) in [5.74, 6) is -0.473. The molecule has 0 atom stereocenters. The van der Waals surface area contributed by atoms with Gasteiger partial charge in [0.15, 0.2) is 0 Å². The number of aryl methyl sites for hydroxylation is 3. The summed E-state index contributed by atoms with van der Waals surface area (Å²) >= 11 is 0. The highest BCUT2D eigenvalue weighted by Crippen LogP contribution is 2.19. The summed E-state index contributed by atoms with van der Waals surface area (Å²) in [6, 6.07) is 10.8. The number of amides is 1. The fourth-order valence-corrected chi connectivity index (χ4v) is 3.02. The number of nitrogens with one attached hydrogen (secondary N) is 1. The van der Waals surface area contributed by atoms with Crippen molar-refractivity contribution in [2.75, 3.05) is 11.9 Å². The lowest BCUT2D eigenvalue weighted by Gasteiger charge is -2.12. The number of esters is 1. The summed E-state index contributed by atoms with van der Waals surface area (Å²) in [5, 5.41) is 2.89. The Bertz CT molecular complexity index is 755. The van der Waals surface area contributed by atoms with Crippen LogP contribution in [-0.2, 0) is 4.74 Å². The normalized spacial score (nSPS) is 10.5. The van der Waals surface area contributed by atoms with Crippen molar-refractivity contribution in [2.45, 2.75) is 47.0 Å². The van der Waals surface area contributed by atoms with Crippen LogP contribution in [0.4, 0.5) is 5.69 Å². The van der Waals surface area contributed by atoms with Crippen LogP contribution in [-0.4, -0.2) is 18.5 Å². The maximum Gasteiger partial charge on any atom is 0.338 e. The quantitative estimate of drug-likeness (QED) is 0.549. The molecule has 0 aliphatic rings. The second-order valence-electron chi connectivity index (χ2n) is 6.65. The van der Waals surface area contributed by atoms with E-state index in [0.29, 0.717) is 23.4 Å². The minimum absolute atomic E-state index is 0.144. The van der Waals surface area contributed by atoms with E-state index in [1.54, 1.807) is 24.3 Å². The Morgan fingerprint density at radius 3 is 2.15 bits per heavy atom. The molecule has 2 aromatic carbocycles. The topological polar surface area (TPSA) is 55.4 Å². The number of ether oxygens (including phenoxy) is 1. The molecule has 0 aliphatic heterocycles. The van der Waals surface area contributed by atoms with E-state index in [1.807, 2.05) is 32.9 Å². The van der Waals surface area contributed by atoms with Crippen LogP contribution in [0.1, 0.15) is 63.6 Å². The maximum absolute atomic E-state index is 12.6. The summed E-state index contributed by atoms with van der Waals surface area (Å²) in [6.07, 6.45) is 3.02. The Labute approximate surface area is 155 Å². The van der Waals surface area contributed by atoms with E-state index in [1.165, 1.54) is 0 Å². The molecular formula is C22H27NO3. The van der Waals surface area contributed by atoms with Gasteiger partial charge in [-0.2, -0.15) is 0 Å². The number of anilines is 1. The van der Waals surface area contributed by atoms with Gasteiger partial charge in [0.1, 0.15) is 0 Å². The van der Waals surface area contributed by atoms with Gasteiger partial charge in [-0.15, -0.1) is 0 Å². The third kappa shape index (κ3) is 5.19. The molecular weight excluding hydrogens is 326 g/mol. The zero-order valence-electron chi connectivity index (χ0n) is 16.0. The van der Waals surface area contributed by atoms with Crippen molar-refractivity contribution < 1.29 is 14.3 Å². The Balaban J connectivity index is 2.01. The molecule has 1 N–H and O–H groups in total. The molecule has 0 fully saturated rings. The Kier molecular flexibility index (Phi) is 6.96. The van der Waals surface area contributed by atoms with Crippen molar-refractivity contribution in [3.05, 3.63) is 64.2 Å². The molecule has 0 aromatic heterocycles. The Morgan fingerprint density at radius 1 is 0.962 bits per heavy atom. The van der Waals surface area contributed by atoms with Gasteiger partial charge >= 0.3 is 5.97 Å². The van der Waals surface area contributed by atoms with Gasteiger partial charge in [0.25, 0.3) is 5.91 Å². The third-order valence-corrected chi connectivity index (χ3v) is 4.26. The van der Waals surface area contributed by atoms with E-state index in [9.17, 15) is 9.59 Å². The van der Waals surface area contributed by atoms with E-state index in [2.05, 4.69) is 12.2 Å². The molecule has 0 radical (unpaired) electrons. The zero-order chi connectivity index (χ0) is 19.1. The number of hydrogen-bond donors (Lipinski definition) is 1. The second-order valence-corrected chi connectivity index (χ2v) is 6.65. The van der Waals surface area contributed by atoms with Crippen LogP contribution in [0.3, 0.4) is 0 Å². The predicted molar refractivity (Wildman–Crippen MR) is 105 cm³/mol. The largest absolute Gasteiger partial charge is 0.462 e. The molecule has 0 unspecified atom stereocenters. The van der Waals surface area contributed by atoms with Crippen molar-refractivity contribution >= 4 is 17.6 Å². The smallest absolute Gasteiger partial charge is 0.338 e. The number of carbonyl (C=O) groups is 2. The Hall–Kier alpha value is -2.62. The van der Waals surface area contributed by atoms with Crippen LogP contribution < -0.4 is 5.32 Å². The molecule has 4 heteroatoms. The molecule has 0 spiro atoms. The highest BCUT2D eigenvalue weighted by Gasteiger charge is 2.13. The van der Waals surface area contributed by atoms with Gasteiger partial charge in [-0.25, -0.2) is 4.79 Å². The summed E-state index contributed by atoms with van der Waals surface area (Å²) in [7, 11) is 0. The number of rotatable bonds is 7. The number of hydrogen-bond acceptors (Lipinski definition) is 3. The first-order valence-corrected chi connectivity index (χ1v) is 9.08. The van der Waals surface area contributed by atoms with Gasteiger partial charge in [0.2, 0.25) is 0 Å². The number of unbranched alkanes of at least 4 members (excludes halogenated alkanes) is 2. The van der Waals surface area contributed by atoms with Gasteiger partial charge < -0.3 is 10.1 Å². The molecule has 0 saturated heterocycles. The molecule has 2 rings (SSSR count). The first-order chi connectivity index (χ1) is 12.4. The van der Waals surface area contributed by atoms with Gasteiger partial charge in [-0.05, 0) is 62.6 Å². The highest BCUT2D eigenvalue weighted by atomic mass is 16.5. The first-order valence-electron chi connectivity index (χ1n) is 9.08. The first kappa shape index (κ1) is 19.7. The molecule has 2 aromatic rings. The van der Waals surface area contributed by atoms with E-state index >= 15 is 0 Å². The molecule has 0 saturated carbocycles. The van der Waals surface area contributed by atoms with Gasteiger partial charge in [-0.3, -0.25) is 4.79 Å². The Morgan fingerprint density at radius 2 is 1.58 bits per heavy atom. The molecule has 1 amide bonds. The maximum atomic E-state index is 12.6. The van der Waals surface area contributed by atoms with Crippen molar-refractivity contribution in [2.24, 2.45) is 0 Å². The second kappa shape index (κ2) is 9.18. The van der Waals surface area contributed by atoms with Crippen LogP contribution in [0.25, 0.3) is 0 Å². The molecule has 4 nitrogen and oxygen atoms in total. The van der Waals surface area contributed by atoms with Gasteiger partial charge in [0, 0.05) is 11.3 Å². The lowest BCUT2D eigenvalue weighted by atomic mass is 9.99. The average Bonchev–Trinajstić information content (AvgIpc) is 2.58. The van der Waals surface area contributed by atoms with Crippen molar-refractivity contribution in [3.63, 3.8) is 0 Å². The lowest BCUT2D eigenvalue weighted by molar-refractivity contribution is 0.0498. The van der Waals surface area contributed by atoms with Gasteiger partial charge in [-0.1, -0.05) is 37.5 Å². The van der Waals surface area contributed by atoms with E-state index in [-0.39, 0.29) is 11.9 Å². The van der Waals surface area contributed by atoms with Crippen LogP contribution in [0, 0.1) is 20.8 Å². The third-order valence-electron chi connectivity index (χ3n) is 4.26. The van der Waals surface area contributed by atoms with Crippen molar-refractivity contribution in [3.8, 4) is 0 Å². The molecule has 138 valence electrons. The summed E-state index contributed by atoms with van der Waals surface area (Å²) in [5.41, 5.74) is 4.87. The van der Waals surface area contributed by atoms with Crippen LogP contribution in [0.2, 0.25) is 0 Å². The predicted octanol–water partition coefficient (Wildman–Crippen LogP) is 5.21. The van der Waals surface area contributed by atoms with Crippen LogP contribution in [0.5, 0.6) is 0 Å². The van der Waals surface area contributed by atoms with Crippen molar-refractivity contribution in [1.82, 2.24) is 0 Å². The monoisotopic (exact) mass is 353 g/mol. The fraction of sp³-hybridized carbons (Fsp3) is 0.364. The van der Waals surface area contributed by atoms with Crippen molar-refractivity contribution in [1.29, 1.82) is 0 Å². The average molecular weight is 353 g/mol. The van der Waals surface area contributed by atoms with E-state index < -0.39 is 0 Å². The SMILES string of the molecule is CCCCCOC(=O)c1ccc(NC(=O)c2c(C)cc(C)cc2C)cc1. The van der Waals surface area contributed by atoms with Crippen LogP contribution >= 0.6 is 0 Å². The zero-order valence-corrected chi connectivity index (χ0v) is 16.0. The summed E-state index contributed by atoms with van der Waals surface area (Å²) < 4.78 is 5.24. The summed E-state index contributed by atoms with van der Waals surface area (Å²) in [6.45, 7) is 8.44. The molecule has 0 bridgehead atoms. The fourth-order valence-electron chi connectivity index (χ4n) is 3.02. The minimum atomic E-state index is -0.329. The molecule has 26 heavy (non-hydrogen) atoms. The standard InChI is InChI=1S/C22H27NO3/c1-5-6-7-12-26-22(25)18-8-10-19(11-9-18)23-21(24)20-16(3)13-15(2)14-17(20)4/h8-11,13-14H,5-7,12H2,1-4H3,(H,23,24). The number of carbonyl (C=O) groups excluding carboxylic acids is 2. The molecule has 0 heterocycles. The highest BCUT2D eigenvalue weighted by molar-refractivity contribution is 6.06. The van der Waals surface area contributed by atoms with Gasteiger partial charge in [0.05, 0.1) is 12.2 Å². The summed E-state index contributed by atoms with van der Waals surface area (Å²) in [4.78, 5) is 24.6. The van der Waals surface area contributed by atoms with E-state index in [4.69, 9.17) is 4.74 Å². The lowest BCUT2D eigenvalue weighted by Crippen LogP contribution is -2.15. The molecule has 0 aliphatic carbocycles. The van der Waals surface area contributed by atoms with Crippen LogP contribution in [0.15, 0.2) is 36.4 Å². The van der Waals surface area contributed by atoms with E-state index in [0.717, 1.165) is 36.0 Å². The minimum Gasteiger partial charge on any atom is -0.462 e. The number of benzene rings is 2.